The van der Waals surface area contributed by atoms with Crippen molar-refractivity contribution in [3.05, 3.63) is 0 Å². The predicted molar refractivity (Wildman–Crippen MR) is 135 cm³/mol. The van der Waals surface area contributed by atoms with E-state index in [4.69, 9.17) is 4.74 Å². The molecule has 0 aromatic rings. The molecule has 0 radical (unpaired) electrons. The Kier molecular flexibility index (Phi) is 10.0. The molecule has 0 unspecified atom stereocenters. The summed E-state index contributed by atoms with van der Waals surface area (Å²) >= 11 is 4.10. The number of nitrogens with zero attached hydrogens (tertiary/aromatic N) is 1. The van der Waals surface area contributed by atoms with Crippen molar-refractivity contribution in [2.45, 2.75) is 89.0 Å². The first-order chi connectivity index (χ1) is 16.6. The van der Waals surface area contributed by atoms with Gasteiger partial charge < -0.3 is 30.7 Å². The van der Waals surface area contributed by atoms with Crippen molar-refractivity contribution in [2.24, 2.45) is 17.3 Å². The lowest BCUT2D eigenvalue weighted by atomic mass is 9.85. The summed E-state index contributed by atoms with van der Waals surface area (Å²) in [5, 5.41) is 18.4. The number of carbonyl (C=O) groups is 4. The van der Waals surface area contributed by atoms with Crippen LogP contribution in [-0.2, 0) is 19.1 Å². The second kappa shape index (κ2) is 12.0. The number of halogens is 1. The van der Waals surface area contributed by atoms with Crippen molar-refractivity contribution in [1.82, 2.24) is 20.9 Å². The minimum atomic E-state index is -2.29. The highest BCUT2D eigenvalue weighted by Gasteiger charge is 2.53. The van der Waals surface area contributed by atoms with Gasteiger partial charge in [0.25, 0.3) is 5.91 Å². The normalized spacial score (nSPS) is 25.7. The van der Waals surface area contributed by atoms with Crippen LogP contribution in [0, 0.1) is 17.3 Å². The lowest BCUT2D eigenvalue weighted by Gasteiger charge is -2.37. The molecular weight excluding hydrogens is 491 g/mol. The summed E-state index contributed by atoms with van der Waals surface area (Å²) in [4.78, 5) is 50.9. The Morgan fingerprint density at radius 1 is 1.17 bits per heavy atom. The summed E-state index contributed by atoms with van der Waals surface area (Å²) in [5.74, 6) is -1.79. The average Bonchev–Trinajstić information content (AvgIpc) is 3.38. The Bertz CT molecular complexity index is 834. The molecule has 1 heterocycles. The quantitative estimate of drug-likeness (QED) is 0.225. The van der Waals surface area contributed by atoms with E-state index in [-0.39, 0.29) is 24.7 Å². The van der Waals surface area contributed by atoms with Crippen LogP contribution in [0.3, 0.4) is 0 Å². The Labute approximate surface area is 217 Å². The second-order valence-electron chi connectivity index (χ2n) is 10.9. The number of likely N-dealkylation sites (tertiary alicyclic amines) is 1. The van der Waals surface area contributed by atoms with Gasteiger partial charge in [-0.3, -0.25) is 14.4 Å². The first-order valence-electron chi connectivity index (χ1n) is 12.4. The van der Waals surface area contributed by atoms with Crippen molar-refractivity contribution in [3.8, 4) is 0 Å². The fraction of sp³-hybridized carbons (Fsp3) is 0.833. The van der Waals surface area contributed by atoms with E-state index in [1.165, 1.54) is 26.0 Å². The van der Waals surface area contributed by atoms with Crippen LogP contribution in [0.4, 0.5) is 9.18 Å². The van der Waals surface area contributed by atoms with Crippen LogP contribution in [0.1, 0.15) is 59.8 Å². The van der Waals surface area contributed by atoms with Gasteiger partial charge in [-0.1, -0.05) is 27.2 Å². The van der Waals surface area contributed by atoms with Gasteiger partial charge in [-0.15, -0.1) is 12.6 Å². The van der Waals surface area contributed by atoms with Crippen molar-refractivity contribution in [3.63, 3.8) is 0 Å². The summed E-state index contributed by atoms with van der Waals surface area (Å²) in [6.45, 7) is 7.10. The third kappa shape index (κ3) is 6.81. The van der Waals surface area contributed by atoms with Crippen LogP contribution in [0.25, 0.3) is 0 Å². The molecule has 1 saturated heterocycles. The summed E-state index contributed by atoms with van der Waals surface area (Å²) in [5.41, 5.74) is -0.672. The number of alkyl carbamates (subject to hydrolysis) is 1. The number of nitrogens with one attached hydrogen (secondary N) is 3. The van der Waals surface area contributed by atoms with E-state index in [1.807, 2.05) is 0 Å². The van der Waals surface area contributed by atoms with Crippen molar-refractivity contribution in [1.29, 1.82) is 0 Å². The third-order valence-electron chi connectivity index (χ3n) is 7.22. The van der Waals surface area contributed by atoms with Gasteiger partial charge in [0.05, 0.1) is 19.3 Å². The maximum atomic E-state index is 13.7. The zero-order valence-corrected chi connectivity index (χ0v) is 22.9. The molecule has 2 rings (SSSR count). The fourth-order valence-electron chi connectivity index (χ4n) is 5.23. The Morgan fingerprint density at radius 2 is 1.81 bits per heavy atom. The number of alkyl halides is 1. The Hall–Kier alpha value is -2.08. The first-order valence-corrected chi connectivity index (χ1v) is 12.9. The lowest BCUT2D eigenvalue weighted by molar-refractivity contribution is -0.144. The minimum absolute atomic E-state index is 0.0146. The fourth-order valence-corrected chi connectivity index (χ4v) is 5.53. The number of thiol groups is 1. The largest absolute Gasteiger partial charge is 0.453 e. The van der Waals surface area contributed by atoms with Gasteiger partial charge in [-0.2, -0.15) is 0 Å². The molecule has 4 N–H and O–H groups in total. The molecule has 1 saturated carbocycles. The monoisotopic (exact) mass is 532 g/mol. The zero-order valence-electron chi connectivity index (χ0n) is 22.0. The zero-order chi connectivity index (χ0) is 27.4. The number of hydrogen-bond acceptors (Lipinski definition) is 7. The molecule has 1 aliphatic heterocycles. The Morgan fingerprint density at radius 3 is 2.33 bits per heavy atom. The van der Waals surface area contributed by atoms with E-state index in [1.54, 1.807) is 20.8 Å². The van der Waals surface area contributed by atoms with Crippen molar-refractivity contribution < 1.29 is 33.4 Å². The van der Waals surface area contributed by atoms with Crippen LogP contribution < -0.4 is 16.0 Å². The highest BCUT2D eigenvalue weighted by Crippen LogP contribution is 2.43. The van der Waals surface area contributed by atoms with Gasteiger partial charge in [0.1, 0.15) is 12.1 Å². The van der Waals surface area contributed by atoms with Gasteiger partial charge in [-0.05, 0) is 49.9 Å². The highest BCUT2D eigenvalue weighted by atomic mass is 32.1. The molecule has 4 amide bonds. The molecule has 7 atom stereocenters. The van der Waals surface area contributed by atoms with E-state index in [9.17, 15) is 28.7 Å². The van der Waals surface area contributed by atoms with Crippen molar-refractivity contribution >= 4 is 36.4 Å². The summed E-state index contributed by atoms with van der Waals surface area (Å²) in [7, 11) is 2.53. The van der Waals surface area contributed by atoms with E-state index in [2.05, 4.69) is 28.6 Å². The number of hydrogen-bond donors (Lipinski definition) is 5. The summed E-state index contributed by atoms with van der Waals surface area (Å²) in [6.07, 6.45) is 0.486. The van der Waals surface area contributed by atoms with E-state index < -0.39 is 58.5 Å². The van der Waals surface area contributed by atoms with Crippen LogP contribution in [0.5, 0.6) is 0 Å². The first kappa shape index (κ1) is 30.1. The number of fused-ring (bicyclic) bond motifs is 1. The number of methoxy groups -OCH3 is 1. The standard InChI is InChI=1S/C24H41FN4O6S/c1-13(25)10-11-16(24(34,36)21(32)26-5)27-19(30)17-15-9-7-8-14(15)12-29(17)20(31)18(23(2,3)4)28-22(33)35-6/h13-18,34,36H,7-12H2,1-6H3,(H,26,32)(H,27,30)(H,28,33)/t13-,14+,15+,16+,17+,18-,24+/m1/s1. The SMILES string of the molecule is CNC(=O)[C@@](O)(S)[C@H](CC[C@@H](C)F)NC(=O)[C@@H]1[C@H]2CCC[C@H]2CN1C(=O)[C@@H](NC(=O)OC)C(C)(C)C. The number of carbonyl (C=O) groups excluding carboxylic acids is 4. The Balaban J connectivity index is 2.37. The maximum Gasteiger partial charge on any atom is 0.407 e. The number of likely N-dealkylation sites (N-methyl/N-ethyl adjacent to an activating group) is 1. The molecule has 0 aromatic heterocycles. The maximum absolute atomic E-state index is 13.7. The summed E-state index contributed by atoms with van der Waals surface area (Å²) in [6, 6.07) is -3.01. The molecule has 12 heteroatoms. The molecule has 10 nitrogen and oxygen atoms in total. The third-order valence-corrected chi connectivity index (χ3v) is 7.73. The van der Waals surface area contributed by atoms with Gasteiger partial charge >= 0.3 is 6.09 Å². The van der Waals surface area contributed by atoms with Crippen molar-refractivity contribution in [2.75, 3.05) is 20.7 Å². The average molecular weight is 533 g/mol. The topological polar surface area (TPSA) is 137 Å². The van der Waals surface area contributed by atoms with Crippen LogP contribution in [0.15, 0.2) is 0 Å². The second-order valence-corrected chi connectivity index (χ2v) is 11.6. The van der Waals surface area contributed by atoms with E-state index in [0.717, 1.165) is 19.3 Å². The smallest absolute Gasteiger partial charge is 0.407 e. The van der Waals surface area contributed by atoms with Crippen LogP contribution in [0.2, 0.25) is 0 Å². The van der Waals surface area contributed by atoms with Gasteiger partial charge in [0.15, 0.2) is 0 Å². The molecule has 36 heavy (non-hydrogen) atoms. The van der Waals surface area contributed by atoms with Gasteiger partial charge in [0, 0.05) is 13.6 Å². The van der Waals surface area contributed by atoms with Gasteiger partial charge in [-0.25, -0.2) is 9.18 Å². The highest BCUT2D eigenvalue weighted by molar-refractivity contribution is 7.82. The number of ether oxygens (including phenoxy) is 1. The lowest BCUT2D eigenvalue weighted by Crippen LogP contribution is -2.62. The van der Waals surface area contributed by atoms with E-state index in [0.29, 0.717) is 6.54 Å². The molecule has 0 aromatic carbocycles. The van der Waals surface area contributed by atoms with Crippen LogP contribution >= 0.6 is 12.6 Å². The number of rotatable bonds is 9. The number of amides is 4. The minimum Gasteiger partial charge on any atom is -0.453 e. The molecule has 2 fully saturated rings. The molecule has 2 aliphatic rings. The molecular formula is C24H41FN4O6S. The van der Waals surface area contributed by atoms with Crippen LogP contribution in [-0.4, -0.2) is 83.8 Å². The molecule has 0 bridgehead atoms. The van der Waals surface area contributed by atoms with E-state index >= 15 is 0 Å². The summed E-state index contributed by atoms with van der Waals surface area (Å²) < 4.78 is 18.3. The molecule has 0 spiro atoms. The molecule has 1 aliphatic carbocycles. The predicted octanol–water partition coefficient (Wildman–Crippen LogP) is 1.37. The van der Waals surface area contributed by atoms with Gasteiger partial charge in [0.2, 0.25) is 16.7 Å². The number of aliphatic hydroxyl groups is 1. The molecule has 206 valence electrons.